The van der Waals surface area contributed by atoms with Gasteiger partial charge in [-0.05, 0) is 42.7 Å². The standard InChI is InChI=1S/C20H21FN4O/c21-15-7-5-14(6-8-15)13-22-19-17-3-1-2-4-18(17)23-20(24-19)25-11-9-16(26)10-12-25/h1-8,16,26H,9-13H2,(H,22,23,24). The first-order chi connectivity index (χ1) is 12.7. The normalized spacial score (nSPS) is 15.4. The van der Waals surface area contributed by atoms with E-state index >= 15 is 0 Å². The highest BCUT2D eigenvalue weighted by Gasteiger charge is 2.20. The molecule has 2 aromatic carbocycles. The summed E-state index contributed by atoms with van der Waals surface area (Å²) in [7, 11) is 0. The average molecular weight is 352 g/mol. The molecule has 0 radical (unpaired) electrons. The molecule has 0 spiro atoms. The molecule has 4 rings (SSSR count). The fourth-order valence-electron chi connectivity index (χ4n) is 3.19. The average Bonchev–Trinajstić information content (AvgIpc) is 2.68. The van der Waals surface area contributed by atoms with Crippen LogP contribution in [0.2, 0.25) is 0 Å². The van der Waals surface area contributed by atoms with Gasteiger partial charge in [0.05, 0.1) is 11.6 Å². The van der Waals surface area contributed by atoms with E-state index in [1.807, 2.05) is 24.3 Å². The van der Waals surface area contributed by atoms with Crippen LogP contribution in [0, 0.1) is 5.82 Å². The number of piperidine rings is 1. The molecular formula is C20H21FN4O. The van der Waals surface area contributed by atoms with Crippen molar-refractivity contribution in [1.82, 2.24) is 9.97 Å². The first kappa shape index (κ1) is 16.7. The van der Waals surface area contributed by atoms with Crippen LogP contribution in [0.5, 0.6) is 0 Å². The van der Waals surface area contributed by atoms with Gasteiger partial charge in [-0.3, -0.25) is 0 Å². The molecule has 0 unspecified atom stereocenters. The number of anilines is 2. The summed E-state index contributed by atoms with van der Waals surface area (Å²) in [5.41, 5.74) is 1.86. The number of hydrogen-bond donors (Lipinski definition) is 2. The Kier molecular flexibility index (Phi) is 4.67. The van der Waals surface area contributed by atoms with Gasteiger partial charge in [0.1, 0.15) is 11.6 Å². The number of aliphatic hydroxyl groups excluding tert-OH is 1. The van der Waals surface area contributed by atoms with E-state index < -0.39 is 0 Å². The van der Waals surface area contributed by atoms with Gasteiger partial charge in [-0.2, -0.15) is 4.98 Å². The van der Waals surface area contributed by atoms with Crippen molar-refractivity contribution in [3.05, 3.63) is 59.9 Å². The molecule has 0 atom stereocenters. The Bertz CT molecular complexity index is 892. The smallest absolute Gasteiger partial charge is 0.227 e. The molecule has 1 aliphatic heterocycles. The molecule has 0 bridgehead atoms. The maximum Gasteiger partial charge on any atom is 0.227 e. The lowest BCUT2D eigenvalue weighted by Gasteiger charge is -2.30. The van der Waals surface area contributed by atoms with Crippen molar-refractivity contribution in [1.29, 1.82) is 0 Å². The summed E-state index contributed by atoms with van der Waals surface area (Å²) >= 11 is 0. The number of aromatic nitrogens is 2. The maximum atomic E-state index is 13.1. The molecule has 5 nitrogen and oxygen atoms in total. The summed E-state index contributed by atoms with van der Waals surface area (Å²) in [4.78, 5) is 11.5. The molecule has 6 heteroatoms. The van der Waals surface area contributed by atoms with Crippen molar-refractivity contribution in [3.8, 4) is 0 Å². The predicted molar refractivity (Wildman–Crippen MR) is 101 cm³/mol. The Morgan fingerprint density at radius 1 is 1.04 bits per heavy atom. The quantitative estimate of drug-likeness (QED) is 0.754. The molecule has 134 valence electrons. The third kappa shape index (κ3) is 3.60. The lowest BCUT2D eigenvalue weighted by molar-refractivity contribution is 0.145. The highest BCUT2D eigenvalue weighted by molar-refractivity contribution is 5.90. The lowest BCUT2D eigenvalue weighted by Crippen LogP contribution is -2.37. The van der Waals surface area contributed by atoms with E-state index in [0.717, 1.165) is 48.2 Å². The van der Waals surface area contributed by atoms with Crippen LogP contribution >= 0.6 is 0 Å². The number of nitrogens with one attached hydrogen (secondary N) is 1. The molecular weight excluding hydrogens is 331 g/mol. The number of fused-ring (bicyclic) bond motifs is 1. The Hall–Kier alpha value is -2.73. The summed E-state index contributed by atoms with van der Waals surface area (Å²) in [5.74, 6) is 1.20. The molecule has 26 heavy (non-hydrogen) atoms. The monoisotopic (exact) mass is 352 g/mol. The van der Waals surface area contributed by atoms with Crippen molar-refractivity contribution in [2.75, 3.05) is 23.3 Å². The fraction of sp³-hybridized carbons (Fsp3) is 0.300. The predicted octanol–water partition coefficient (Wildman–Crippen LogP) is 3.34. The number of halogens is 1. The van der Waals surface area contributed by atoms with Gasteiger partial charge in [0.15, 0.2) is 0 Å². The van der Waals surface area contributed by atoms with Crippen LogP contribution in [0.4, 0.5) is 16.2 Å². The Balaban J connectivity index is 1.62. The molecule has 1 fully saturated rings. The molecule has 1 aliphatic rings. The van der Waals surface area contributed by atoms with Crippen LogP contribution in [-0.4, -0.2) is 34.3 Å². The van der Waals surface area contributed by atoms with Gasteiger partial charge in [-0.15, -0.1) is 0 Å². The second kappa shape index (κ2) is 7.25. The Morgan fingerprint density at radius 3 is 2.54 bits per heavy atom. The molecule has 0 aliphatic carbocycles. The van der Waals surface area contributed by atoms with E-state index in [1.165, 1.54) is 12.1 Å². The second-order valence-electron chi connectivity index (χ2n) is 6.59. The summed E-state index contributed by atoms with van der Waals surface area (Å²) in [6.45, 7) is 2.05. The van der Waals surface area contributed by atoms with Gasteiger partial charge in [0, 0.05) is 25.0 Å². The van der Waals surface area contributed by atoms with Crippen LogP contribution in [0.1, 0.15) is 18.4 Å². The zero-order valence-electron chi connectivity index (χ0n) is 14.4. The zero-order valence-corrected chi connectivity index (χ0v) is 14.4. The van der Waals surface area contributed by atoms with Crippen LogP contribution in [0.15, 0.2) is 48.5 Å². The Morgan fingerprint density at radius 2 is 1.77 bits per heavy atom. The van der Waals surface area contributed by atoms with E-state index in [0.29, 0.717) is 12.5 Å². The second-order valence-corrected chi connectivity index (χ2v) is 6.59. The summed E-state index contributed by atoms with van der Waals surface area (Å²) < 4.78 is 13.1. The SMILES string of the molecule is OC1CCN(c2nc(NCc3ccc(F)cc3)c3ccccc3n2)CC1. The third-order valence-corrected chi connectivity index (χ3v) is 4.71. The molecule has 1 saturated heterocycles. The van der Waals surface area contributed by atoms with Crippen molar-refractivity contribution in [3.63, 3.8) is 0 Å². The van der Waals surface area contributed by atoms with E-state index in [1.54, 1.807) is 12.1 Å². The summed E-state index contributed by atoms with van der Waals surface area (Å²) in [6.07, 6.45) is 1.23. The highest BCUT2D eigenvalue weighted by atomic mass is 19.1. The van der Waals surface area contributed by atoms with Crippen molar-refractivity contribution in [2.24, 2.45) is 0 Å². The van der Waals surface area contributed by atoms with Crippen LogP contribution in [-0.2, 0) is 6.54 Å². The van der Waals surface area contributed by atoms with Crippen molar-refractivity contribution >= 4 is 22.7 Å². The van der Waals surface area contributed by atoms with E-state index in [4.69, 9.17) is 9.97 Å². The minimum Gasteiger partial charge on any atom is -0.393 e. The third-order valence-electron chi connectivity index (χ3n) is 4.71. The number of nitrogens with zero attached hydrogens (tertiary/aromatic N) is 3. The number of benzene rings is 2. The first-order valence-corrected chi connectivity index (χ1v) is 8.87. The lowest BCUT2D eigenvalue weighted by atomic mass is 10.1. The summed E-state index contributed by atoms with van der Waals surface area (Å²) in [6, 6.07) is 14.3. The Labute approximate surface area is 151 Å². The van der Waals surface area contributed by atoms with Gasteiger partial charge < -0.3 is 15.3 Å². The zero-order chi connectivity index (χ0) is 17.9. The first-order valence-electron chi connectivity index (χ1n) is 8.87. The largest absolute Gasteiger partial charge is 0.393 e. The van der Waals surface area contributed by atoms with Gasteiger partial charge >= 0.3 is 0 Å². The molecule has 2 N–H and O–H groups in total. The molecule has 0 saturated carbocycles. The minimum atomic E-state index is -0.240. The number of para-hydroxylation sites is 1. The van der Waals surface area contributed by atoms with Crippen molar-refractivity contribution < 1.29 is 9.50 Å². The maximum absolute atomic E-state index is 13.1. The van der Waals surface area contributed by atoms with E-state index in [-0.39, 0.29) is 11.9 Å². The topological polar surface area (TPSA) is 61.3 Å². The van der Waals surface area contributed by atoms with Gasteiger partial charge in [0.2, 0.25) is 5.95 Å². The molecule has 3 aromatic rings. The number of rotatable bonds is 4. The van der Waals surface area contributed by atoms with Crippen LogP contribution < -0.4 is 10.2 Å². The molecule has 0 amide bonds. The van der Waals surface area contributed by atoms with E-state index in [2.05, 4.69) is 10.2 Å². The molecule has 2 heterocycles. The van der Waals surface area contributed by atoms with Crippen molar-refractivity contribution in [2.45, 2.75) is 25.5 Å². The van der Waals surface area contributed by atoms with E-state index in [9.17, 15) is 9.50 Å². The van der Waals surface area contributed by atoms with Crippen LogP contribution in [0.3, 0.4) is 0 Å². The summed E-state index contributed by atoms with van der Waals surface area (Å²) in [5, 5.41) is 14.0. The fourth-order valence-corrected chi connectivity index (χ4v) is 3.19. The van der Waals surface area contributed by atoms with Gasteiger partial charge in [0.25, 0.3) is 0 Å². The number of aliphatic hydroxyl groups is 1. The highest BCUT2D eigenvalue weighted by Crippen LogP contribution is 2.25. The van der Waals surface area contributed by atoms with Gasteiger partial charge in [-0.1, -0.05) is 24.3 Å². The van der Waals surface area contributed by atoms with Gasteiger partial charge in [-0.25, -0.2) is 9.37 Å². The molecule has 1 aromatic heterocycles. The van der Waals surface area contributed by atoms with Crippen LogP contribution in [0.25, 0.3) is 10.9 Å². The number of hydrogen-bond acceptors (Lipinski definition) is 5. The minimum absolute atomic E-state index is 0.234.